The molecule has 2 nitrogen and oxygen atoms in total. The van der Waals surface area contributed by atoms with Gasteiger partial charge in [-0.2, -0.15) is 0 Å². The first-order chi connectivity index (χ1) is 2.83. The van der Waals surface area contributed by atoms with Crippen LogP contribution in [0, 0.1) is 0 Å². The standard InChI is InChI=1S/2C2H7N/c2*1-2-3/h2*2-3H2,1H3. The van der Waals surface area contributed by atoms with E-state index >= 15 is 0 Å². The first-order valence-electron chi connectivity index (χ1n) is 2.23. The van der Waals surface area contributed by atoms with Crippen LogP contribution < -0.4 is 11.5 Å². The van der Waals surface area contributed by atoms with E-state index in [-0.39, 0.29) is 0 Å². The van der Waals surface area contributed by atoms with Crippen LogP contribution in [0.1, 0.15) is 13.8 Å². The Hall–Kier alpha value is -0.0800. The summed E-state index contributed by atoms with van der Waals surface area (Å²) in [6.07, 6.45) is 0. The van der Waals surface area contributed by atoms with Crippen LogP contribution in [0.5, 0.6) is 0 Å². The number of nitrogens with two attached hydrogens (primary N) is 2. The van der Waals surface area contributed by atoms with Gasteiger partial charge in [0.2, 0.25) is 0 Å². The molecular weight excluding hydrogens is 76.1 g/mol. The molecule has 0 spiro atoms. The summed E-state index contributed by atoms with van der Waals surface area (Å²) in [7, 11) is 0. The largest absolute Gasteiger partial charge is 0.331 e. The zero-order valence-corrected chi connectivity index (χ0v) is 4.57. The van der Waals surface area contributed by atoms with Gasteiger partial charge in [0.25, 0.3) is 0 Å². The lowest BCUT2D eigenvalue weighted by Gasteiger charge is -1.53. The lowest BCUT2D eigenvalue weighted by Crippen LogP contribution is -1.87. The highest BCUT2D eigenvalue weighted by Crippen LogP contribution is 1.20. The van der Waals surface area contributed by atoms with Gasteiger partial charge in [-0.05, 0) is 13.1 Å². The Morgan fingerprint density at radius 2 is 1.00 bits per heavy atom. The minimum absolute atomic E-state index is 0.750. The Labute approximate surface area is 39.5 Å². The smallest absolute Gasteiger partial charge is 0.0106 e. The highest BCUT2D eigenvalue weighted by Gasteiger charge is 1.33. The van der Waals surface area contributed by atoms with Crippen LogP contribution in [-0.2, 0) is 0 Å². The molecule has 0 aliphatic carbocycles. The molecule has 0 aromatic rings. The van der Waals surface area contributed by atoms with Gasteiger partial charge in [0.15, 0.2) is 0 Å². The van der Waals surface area contributed by atoms with Crippen molar-refractivity contribution >= 4 is 0 Å². The fourth-order valence-corrected chi connectivity index (χ4v) is 0. The zero-order chi connectivity index (χ0) is 5.41. The summed E-state index contributed by atoms with van der Waals surface area (Å²) < 4.78 is 0. The van der Waals surface area contributed by atoms with Crippen LogP contribution in [0.4, 0.5) is 0 Å². The van der Waals surface area contributed by atoms with Crippen LogP contribution in [0.15, 0.2) is 0 Å². The third kappa shape index (κ3) is 5220. The molecule has 0 amide bonds. The summed E-state index contributed by atoms with van der Waals surface area (Å²) in [6, 6.07) is 0. The topological polar surface area (TPSA) is 52.0 Å². The van der Waals surface area contributed by atoms with Gasteiger partial charge in [0.05, 0.1) is 0 Å². The predicted octanol–water partition coefficient (Wildman–Crippen LogP) is -0.0700. The van der Waals surface area contributed by atoms with Crippen LogP contribution in [0.2, 0.25) is 0 Å². The maximum atomic E-state index is 4.85. The summed E-state index contributed by atoms with van der Waals surface area (Å²) >= 11 is 0. The van der Waals surface area contributed by atoms with Gasteiger partial charge in [0.1, 0.15) is 0 Å². The molecule has 0 bridgehead atoms. The molecule has 2 heteroatoms. The van der Waals surface area contributed by atoms with E-state index in [0.29, 0.717) is 0 Å². The average molecular weight is 90.2 g/mol. The molecule has 0 rings (SSSR count). The van der Waals surface area contributed by atoms with Gasteiger partial charge in [0, 0.05) is 0 Å². The van der Waals surface area contributed by atoms with E-state index in [1.807, 2.05) is 13.8 Å². The third-order valence-corrected chi connectivity index (χ3v) is 0. The maximum absolute atomic E-state index is 4.85. The van der Waals surface area contributed by atoms with Crippen molar-refractivity contribution in [3.05, 3.63) is 0 Å². The predicted molar refractivity (Wildman–Crippen MR) is 29.5 cm³/mol. The summed E-state index contributed by atoms with van der Waals surface area (Å²) in [5, 5.41) is 0. The molecule has 0 saturated heterocycles. The van der Waals surface area contributed by atoms with Crippen molar-refractivity contribution < 1.29 is 0 Å². The van der Waals surface area contributed by atoms with Gasteiger partial charge in [-0.3, -0.25) is 0 Å². The molecule has 0 radical (unpaired) electrons. The van der Waals surface area contributed by atoms with Crippen molar-refractivity contribution in [2.45, 2.75) is 13.8 Å². The third-order valence-electron chi connectivity index (χ3n) is 0. The van der Waals surface area contributed by atoms with E-state index < -0.39 is 0 Å². The summed E-state index contributed by atoms with van der Waals surface area (Å²) in [5.41, 5.74) is 9.69. The second-order valence-electron chi connectivity index (χ2n) is 0.816. The van der Waals surface area contributed by atoms with Gasteiger partial charge in [-0.15, -0.1) is 0 Å². The molecule has 40 valence electrons. The molecule has 0 saturated carbocycles. The van der Waals surface area contributed by atoms with Gasteiger partial charge < -0.3 is 11.5 Å². The molecule has 0 atom stereocenters. The molecule has 4 N–H and O–H groups in total. The second-order valence-corrected chi connectivity index (χ2v) is 0.816. The molecule has 0 heterocycles. The number of hydrogen-bond acceptors (Lipinski definition) is 2. The van der Waals surface area contributed by atoms with Crippen LogP contribution >= 0.6 is 0 Å². The average Bonchev–Trinajstić information content (AvgIpc) is 1.39. The molecule has 0 aromatic carbocycles. The Kier molecular flexibility index (Phi) is 31.9. The second kappa shape index (κ2) is 20.5. The van der Waals surface area contributed by atoms with E-state index in [2.05, 4.69) is 0 Å². The van der Waals surface area contributed by atoms with E-state index in [1.165, 1.54) is 0 Å². The van der Waals surface area contributed by atoms with Gasteiger partial charge in [-0.25, -0.2) is 0 Å². The Bertz CT molecular complexity index is 7.51. The van der Waals surface area contributed by atoms with E-state index in [4.69, 9.17) is 11.5 Å². The fraction of sp³-hybridized carbons (Fsp3) is 1.00. The van der Waals surface area contributed by atoms with Gasteiger partial charge in [-0.1, -0.05) is 13.8 Å². The Balaban J connectivity index is 0. The van der Waals surface area contributed by atoms with E-state index in [1.54, 1.807) is 0 Å². The Morgan fingerprint density at radius 3 is 1.00 bits per heavy atom. The summed E-state index contributed by atoms with van der Waals surface area (Å²) in [5.74, 6) is 0. The molecule has 0 fully saturated rings. The zero-order valence-electron chi connectivity index (χ0n) is 4.57. The van der Waals surface area contributed by atoms with E-state index in [9.17, 15) is 0 Å². The molecule has 0 aliphatic rings. The minimum Gasteiger partial charge on any atom is -0.331 e. The number of hydrogen-bond donors (Lipinski definition) is 2. The van der Waals surface area contributed by atoms with Gasteiger partial charge >= 0.3 is 0 Å². The van der Waals surface area contributed by atoms with Crippen molar-refractivity contribution in [1.29, 1.82) is 0 Å². The summed E-state index contributed by atoms with van der Waals surface area (Å²) in [6.45, 7) is 5.31. The quantitative estimate of drug-likeness (QED) is 0.437. The van der Waals surface area contributed by atoms with Crippen molar-refractivity contribution in [3.63, 3.8) is 0 Å². The van der Waals surface area contributed by atoms with Crippen LogP contribution in [0.25, 0.3) is 0 Å². The first-order valence-corrected chi connectivity index (χ1v) is 2.23. The van der Waals surface area contributed by atoms with Crippen molar-refractivity contribution in [1.82, 2.24) is 0 Å². The monoisotopic (exact) mass is 90.1 g/mol. The minimum atomic E-state index is 0.750. The highest BCUT2D eigenvalue weighted by atomic mass is 14.5. The Morgan fingerprint density at radius 1 is 1.00 bits per heavy atom. The van der Waals surface area contributed by atoms with Crippen molar-refractivity contribution in [2.75, 3.05) is 13.1 Å². The molecule has 0 aliphatic heterocycles. The molecule has 0 unspecified atom stereocenters. The van der Waals surface area contributed by atoms with Crippen LogP contribution in [-0.4, -0.2) is 13.1 Å². The lowest BCUT2D eigenvalue weighted by molar-refractivity contribution is 1.14. The van der Waals surface area contributed by atoms with Crippen LogP contribution in [0.3, 0.4) is 0 Å². The maximum Gasteiger partial charge on any atom is -0.0106 e. The first kappa shape index (κ1) is 9.33. The molecule has 6 heavy (non-hydrogen) atoms. The number of rotatable bonds is 0. The van der Waals surface area contributed by atoms with Crippen molar-refractivity contribution in [3.8, 4) is 0 Å². The molecular formula is C4H14N2. The fourth-order valence-electron chi connectivity index (χ4n) is 0. The highest BCUT2D eigenvalue weighted by molar-refractivity contribution is 4.00. The summed E-state index contributed by atoms with van der Waals surface area (Å²) in [4.78, 5) is 0. The lowest BCUT2D eigenvalue weighted by atomic mass is 10.8. The normalized spacial score (nSPS) is 6.00. The SMILES string of the molecule is CCN.CCN. The van der Waals surface area contributed by atoms with Crippen molar-refractivity contribution in [2.24, 2.45) is 11.5 Å². The molecule has 0 aromatic heterocycles. The van der Waals surface area contributed by atoms with E-state index in [0.717, 1.165) is 13.1 Å².